The lowest BCUT2D eigenvalue weighted by atomic mass is 10.2. The van der Waals surface area contributed by atoms with Crippen LogP contribution in [0.4, 0.5) is 11.5 Å². The molecule has 1 aromatic carbocycles. The van der Waals surface area contributed by atoms with Crippen molar-refractivity contribution in [2.45, 2.75) is 13.0 Å². The molecule has 0 bridgehead atoms. The predicted octanol–water partition coefficient (Wildman–Crippen LogP) is 4.20. The lowest BCUT2D eigenvalue weighted by molar-refractivity contribution is 0.102. The molecule has 0 radical (unpaired) electrons. The van der Waals surface area contributed by atoms with E-state index in [-0.39, 0.29) is 11.9 Å². The van der Waals surface area contributed by atoms with Gasteiger partial charge in [0.2, 0.25) is 0 Å². The molecule has 1 atom stereocenters. The van der Waals surface area contributed by atoms with Crippen LogP contribution in [0.25, 0.3) is 5.65 Å². The summed E-state index contributed by atoms with van der Waals surface area (Å²) in [6.07, 6.45) is 3.44. The van der Waals surface area contributed by atoms with Gasteiger partial charge in [0, 0.05) is 23.1 Å². The maximum absolute atomic E-state index is 12.4. The number of benzene rings is 1. The summed E-state index contributed by atoms with van der Waals surface area (Å²) < 4.78 is 1.92. The Morgan fingerprint density at radius 2 is 2.00 bits per heavy atom. The number of fused-ring (bicyclic) bond motifs is 1. The van der Waals surface area contributed by atoms with Gasteiger partial charge in [-0.25, -0.2) is 4.98 Å². The van der Waals surface area contributed by atoms with Crippen molar-refractivity contribution < 1.29 is 4.79 Å². The molecule has 3 heterocycles. The van der Waals surface area contributed by atoms with Crippen LogP contribution in [0.3, 0.4) is 0 Å². The van der Waals surface area contributed by atoms with Crippen LogP contribution in [0.5, 0.6) is 0 Å². The summed E-state index contributed by atoms with van der Waals surface area (Å²) in [5.41, 5.74) is 1.87. The van der Waals surface area contributed by atoms with Crippen molar-refractivity contribution in [1.29, 1.82) is 0 Å². The highest BCUT2D eigenvalue weighted by molar-refractivity contribution is 6.30. The number of hydrogen-bond acceptors (Lipinski definition) is 5. The number of hydrogen-bond donors (Lipinski definition) is 2. The first-order chi connectivity index (χ1) is 13.6. The Bertz CT molecular complexity index is 1120. The molecule has 3 aromatic heterocycles. The number of nitrogens with one attached hydrogen (secondary N) is 2. The van der Waals surface area contributed by atoms with Crippen LogP contribution in [0.1, 0.15) is 29.1 Å². The molecule has 0 fully saturated rings. The van der Waals surface area contributed by atoms with Crippen LogP contribution in [0, 0.1) is 0 Å². The van der Waals surface area contributed by atoms with Gasteiger partial charge in [-0.15, -0.1) is 10.2 Å². The average Bonchev–Trinajstić information content (AvgIpc) is 3.13. The summed E-state index contributed by atoms with van der Waals surface area (Å²) in [4.78, 5) is 16.7. The van der Waals surface area contributed by atoms with E-state index >= 15 is 0 Å². The second-order valence-electron chi connectivity index (χ2n) is 6.25. The van der Waals surface area contributed by atoms with Crippen LogP contribution >= 0.6 is 11.6 Å². The van der Waals surface area contributed by atoms with E-state index in [0.29, 0.717) is 22.1 Å². The molecular weight excluding hydrogens is 376 g/mol. The Morgan fingerprint density at radius 3 is 2.79 bits per heavy atom. The van der Waals surface area contributed by atoms with E-state index in [1.807, 2.05) is 35.7 Å². The van der Waals surface area contributed by atoms with Crippen molar-refractivity contribution >= 4 is 34.7 Å². The molecule has 140 valence electrons. The molecule has 7 nitrogen and oxygen atoms in total. The molecule has 2 N–H and O–H groups in total. The highest BCUT2D eigenvalue weighted by atomic mass is 35.5. The molecule has 0 saturated heterocycles. The van der Waals surface area contributed by atoms with Gasteiger partial charge in [-0.2, -0.15) is 0 Å². The Hall–Kier alpha value is -3.45. The standard InChI is InChI=1S/C20H17ClN6O/c1-13(19-26-25-18-7-2-3-10-27(18)19)23-17-9-8-14(12-22-17)20(28)24-16-6-4-5-15(21)11-16/h2-13H,1H3,(H,22,23)(H,24,28). The average molecular weight is 393 g/mol. The molecule has 28 heavy (non-hydrogen) atoms. The number of amides is 1. The predicted molar refractivity (Wildman–Crippen MR) is 109 cm³/mol. The molecular formula is C20H17ClN6O. The van der Waals surface area contributed by atoms with E-state index in [1.54, 1.807) is 36.4 Å². The number of pyridine rings is 2. The van der Waals surface area contributed by atoms with Crippen LogP contribution in [0.2, 0.25) is 5.02 Å². The first-order valence-electron chi connectivity index (χ1n) is 8.69. The first-order valence-corrected chi connectivity index (χ1v) is 9.07. The maximum atomic E-state index is 12.4. The normalized spacial score (nSPS) is 11.9. The Kier molecular flexibility index (Phi) is 4.90. The zero-order chi connectivity index (χ0) is 19.5. The third-order valence-corrected chi connectivity index (χ3v) is 4.44. The summed E-state index contributed by atoms with van der Waals surface area (Å²) in [5.74, 6) is 1.16. The fourth-order valence-electron chi connectivity index (χ4n) is 2.82. The van der Waals surface area contributed by atoms with Gasteiger partial charge in [0.15, 0.2) is 11.5 Å². The summed E-state index contributed by atoms with van der Waals surface area (Å²) in [6, 6.07) is 16.1. The third-order valence-electron chi connectivity index (χ3n) is 4.20. The van der Waals surface area contributed by atoms with Crippen molar-refractivity contribution in [1.82, 2.24) is 19.6 Å². The van der Waals surface area contributed by atoms with E-state index in [4.69, 9.17) is 11.6 Å². The number of anilines is 2. The van der Waals surface area contributed by atoms with Gasteiger partial charge in [-0.1, -0.05) is 23.7 Å². The second kappa shape index (κ2) is 7.66. The van der Waals surface area contributed by atoms with Crippen molar-refractivity contribution in [3.05, 3.63) is 83.4 Å². The van der Waals surface area contributed by atoms with Gasteiger partial charge >= 0.3 is 0 Å². The molecule has 0 aliphatic heterocycles. The third kappa shape index (κ3) is 3.79. The first kappa shape index (κ1) is 17.9. The van der Waals surface area contributed by atoms with Gasteiger partial charge in [0.05, 0.1) is 11.6 Å². The highest BCUT2D eigenvalue weighted by Crippen LogP contribution is 2.19. The summed E-state index contributed by atoms with van der Waals surface area (Å²) >= 11 is 5.94. The zero-order valence-corrected chi connectivity index (χ0v) is 15.8. The molecule has 0 saturated carbocycles. The van der Waals surface area contributed by atoms with Gasteiger partial charge in [0.1, 0.15) is 5.82 Å². The quantitative estimate of drug-likeness (QED) is 0.531. The molecule has 8 heteroatoms. The number of aromatic nitrogens is 4. The molecule has 4 aromatic rings. The van der Waals surface area contributed by atoms with Crippen molar-refractivity contribution in [3.8, 4) is 0 Å². The zero-order valence-electron chi connectivity index (χ0n) is 15.0. The molecule has 4 rings (SSSR count). The number of nitrogens with zero attached hydrogens (tertiary/aromatic N) is 4. The van der Waals surface area contributed by atoms with E-state index < -0.39 is 0 Å². The van der Waals surface area contributed by atoms with Gasteiger partial charge in [-0.05, 0) is 49.4 Å². The molecule has 0 spiro atoms. The van der Waals surface area contributed by atoms with Crippen LogP contribution in [-0.2, 0) is 0 Å². The van der Waals surface area contributed by atoms with Crippen molar-refractivity contribution in [2.24, 2.45) is 0 Å². The summed E-state index contributed by atoms with van der Waals surface area (Å²) in [6.45, 7) is 1.98. The SMILES string of the molecule is CC(Nc1ccc(C(=O)Nc2cccc(Cl)c2)cn1)c1nnc2ccccn12. The van der Waals surface area contributed by atoms with Crippen molar-refractivity contribution in [2.75, 3.05) is 10.6 Å². The lowest BCUT2D eigenvalue weighted by Crippen LogP contribution is -2.14. The minimum absolute atomic E-state index is 0.115. The molecule has 0 aliphatic rings. The van der Waals surface area contributed by atoms with Crippen LogP contribution < -0.4 is 10.6 Å². The second-order valence-corrected chi connectivity index (χ2v) is 6.69. The fourth-order valence-corrected chi connectivity index (χ4v) is 3.01. The molecule has 0 aliphatic carbocycles. The minimum atomic E-state index is -0.252. The highest BCUT2D eigenvalue weighted by Gasteiger charge is 2.14. The largest absolute Gasteiger partial charge is 0.360 e. The minimum Gasteiger partial charge on any atom is -0.360 e. The van der Waals surface area contributed by atoms with Crippen molar-refractivity contribution in [3.63, 3.8) is 0 Å². The van der Waals surface area contributed by atoms with E-state index in [1.165, 1.54) is 6.20 Å². The van der Waals surface area contributed by atoms with Crippen LogP contribution in [-0.4, -0.2) is 25.5 Å². The van der Waals surface area contributed by atoms with Gasteiger partial charge in [0.25, 0.3) is 5.91 Å². The molecule has 1 unspecified atom stereocenters. The van der Waals surface area contributed by atoms with E-state index in [9.17, 15) is 4.79 Å². The number of rotatable bonds is 5. The monoisotopic (exact) mass is 392 g/mol. The number of halogens is 1. The smallest absolute Gasteiger partial charge is 0.257 e. The Balaban J connectivity index is 1.45. The topological polar surface area (TPSA) is 84.2 Å². The maximum Gasteiger partial charge on any atom is 0.257 e. The Labute approximate surface area is 166 Å². The summed E-state index contributed by atoms with van der Waals surface area (Å²) in [5, 5.41) is 15.0. The van der Waals surface area contributed by atoms with Gasteiger partial charge < -0.3 is 10.6 Å². The lowest BCUT2D eigenvalue weighted by Gasteiger charge is -2.13. The number of carbonyl (C=O) groups is 1. The van der Waals surface area contributed by atoms with Crippen LogP contribution in [0.15, 0.2) is 67.0 Å². The molecule has 1 amide bonds. The number of carbonyl (C=O) groups excluding carboxylic acids is 1. The Morgan fingerprint density at radius 1 is 1.11 bits per heavy atom. The fraction of sp³-hybridized carbons (Fsp3) is 0.100. The van der Waals surface area contributed by atoms with Gasteiger partial charge in [-0.3, -0.25) is 9.20 Å². The van der Waals surface area contributed by atoms with E-state index in [0.717, 1.165) is 11.5 Å². The van der Waals surface area contributed by atoms with E-state index in [2.05, 4.69) is 25.8 Å². The summed E-state index contributed by atoms with van der Waals surface area (Å²) in [7, 11) is 0.